The number of ether oxygens (including phenoxy) is 1. The highest BCUT2D eigenvalue weighted by atomic mass is 16.6. The highest BCUT2D eigenvalue weighted by Crippen LogP contribution is 2.21. The quantitative estimate of drug-likeness (QED) is 0.375. The zero-order chi connectivity index (χ0) is 23.0. The van der Waals surface area contributed by atoms with Gasteiger partial charge in [0.15, 0.2) is 6.61 Å². The Morgan fingerprint density at radius 2 is 1.68 bits per heavy atom. The normalized spacial score (nSPS) is 10.2. The van der Waals surface area contributed by atoms with Crippen molar-refractivity contribution in [2.45, 2.75) is 20.8 Å². The van der Waals surface area contributed by atoms with Crippen LogP contribution in [0.25, 0.3) is 0 Å². The fraction of sp³-hybridized carbons (Fsp3) is 0.286. The van der Waals surface area contributed by atoms with Crippen LogP contribution in [0.2, 0.25) is 0 Å². The van der Waals surface area contributed by atoms with Crippen LogP contribution in [0.4, 0.5) is 11.4 Å². The molecule has 0 saturated heterocycles. The molecule has 0 radical (unpaired) electrons. The SMILES string of the molecule is CCN(CC)c1ccc(C(=O)NNC(=O)COC(=O)c2cccc([N+](=O)[O-])c2C)cc1. The number of hydrazine groups is 1. The Kier molecular flexibility index (Phi) is 8.07. The first-order chi connectivity index (χ1) is 14.8. The van der Waals surface area contributed by atoms with Gasteiger partial charge in [0, 0.05) is 36.0 Å². The van der Waals surface area contributed by atoms with Crippen LogP contribution in [0, 0.1) is 17.0 Å². The van der Waals surface area contributed by atoms with E-state index in [0.717, 1.165) is 18.8 Å². The molecule has 0 aliphatic rings. The van der Waals surface area contributed by atoms with Gasteiger partial charge in [-0.1, -0.05) is 6.07 Å². The molecule has 0 heterocycles. The number of carbonyl (C=O) groups excluding carboxylic acids is 3. The van der Waals surface area contributed by atoms with Gasteiger partial charge in [0.25, 0.3) is 17.5 Å². The maximum absolute atomic E-state index is 12.2. The van der Waals surface area contributed by atoms with Crippen molar-refractivity contribution in [3.05, 3.63) is 69.3 Å². The number of hydrogen-bond acceptors (Lipinski definition) is 7. The minimum absolute atomic E-state index is 0.0145. The average molecular weight is 428 g/mol. The number of nitro groups is 1. The average Bonchev–Trinajstić information content (AvgIpc) is 2.77. The summed E-state index contributed by atoms with van der Waals surface area (Å²) in [6.07, 6.45) is 0. The van der Waals surface area contributed by atoms with E-state index in [9.17, 15) is 24.5 Å². The van der Waals surface area contributed by atoms with E-state index >= 15 is 0 Å². The lowest BCUT2D eigenvalue weighted by Gasteiger charge is -2.21. The summed E-state index contributed by atoms with van der Waals surface area (Å²) in [5, 5.41) is 11.0. The van der Waals surface area contributed by atoms with Crippen LogP contribution in [-0.4, -0.2) is 42.4 Å². The number of benzene rings is 2. The maximum atomic E-state index is 12.2. The van der Waals surface area contributed by atoms with Gasteiger partial charge in [-0.3, -0.25) is 30.6 Å². The maximum Gasteiger partial charge on any atom is 0.339 e. The smallest absolute Gasteiger partial charge is 0.339 e. The van der Waals surface area contributed by atoms with E-state index < -0.39 is 29.3 Å². The highest BCUT2D eigenvalue weighted by Gasteiger charge is 2.20. The summed E-state index contributed by atoms with van der Waals surface area (Å²) in [5.41, 5.74) is 5.63. The van der Waals surface area contributed by atoms with Gasteiger partial charge in [-0.05, 0) is 51.1 Å². The minimum atomic E-state index is -0.880. The Bertz CT molecular complexity index is 970. The molecule has 2 aromatic carbocycles. The van der Waals surface area contributed by atoms with Crippen molar-refractivity contribution >= 4 is 29.2 Å². The summed E-state index contributed by atoms with van der Waals surface area (Å²) in [5.74, 6) is -2.17. The van der Waals surface area contributed by atoms with Gasteiger partial charge in [0.1, 0.15) is 0 Å². The summed E-state index contributed by atoms with van der Waals surface area (Å²) >= 11 is 0. The van der Waals surface area contributed by atoms with Crippen molar-refractivity contribution in [3.8, 4) is 0 Å². The Hall–Kier alpha value is -3.95. The Morgan fingerprint density at radius 1 is 1.03 bits per heavy atom. The van der Waals surface area contributed by atoms with Crippen LogP contribution in [-0.2, 0) is 9.53 Å². The molecule has 0 saturated carbocycles. The molecule has 2 N–H and O–H groups in total. The molecule has 2 amide bonds. The van der Waals surface area contributed by atoms with E-state index in [0.29, 0.717) is 5.56 Å². The molecule has 31 heavy (non-hydrogen) atoms. The van der Waals surface area contributed by atoms with Crippen LogP contribution in [0.5, 0.6) is 0 Å². The van der Waals surface area contributed by atoms with Crippen molar-refractivity contribution in [1.82, 2.24) is 10.9 Å². The van der Waals surface area contributed by atoms with E-state index in [1.54, 1.807) is 12.1 Å². The van der Waals surface area contributed by atoms with Crippen LogP contribution < -0.4 is 15.8 Å². The van der Waals surface area contributed by atoms with Gasteiger partial charge in [0.2, 0.25) is 0 Å². The lowest BCUT2D eigenvalue weighted by molar-refractivity contribution is -0.385. The number of rotatable bonds is 8. The lowest BCUT2D eigenvalue weighted by atomic mass is 10.1. The van der Waals surface area contributed by atoms with Gasteiger partial charge in [-0.25, -0.2) is 4.79 Å². The number of anilines is 1. The molecular formula is C21H24N4O6. The first kappa shape index (κ1) is 23.3. The Morgan fingerprint density at radius 3 is 2.26 bits per heavy atom. The summed E-state index contributed by atoms with van der Waals surface area (Å²) in [4.78, 5) is 48.6. The number of amides is 2. The third-order valence-corrected chi connectivity index (χ3v) is 4.63. The molecule has 0 unspecified atom stereocenters. The van der Waals surface area contributed by atoms with Crippen molar-refractivity contribution in [2.24, 2.45) is 0 Å². The second-order valence-corrected chi connectivity index (χ2v) is 6.50. The molecule has 0 atom stereocenters. The first-order valence-electron chi connectivity index (χ1n) is 9.63. The van der Waals surface area contributed by atoms with Crippen LogP contribution in [0.3, 0.4) is 0 Å². The number of carbonyl (C=O) groups is 3. The topological polar surface area (TPSA) is 131 Å². The lowest BCUT2D eigenvalue weighted by Crippen LogP contribution is -2.43. The molecule has 0 bridgehead atoms. The summed E-state index contributed by atoms with van der Waals surface area (Å²) < 4.78 is 4.88. The predicted octanol–water partition coefficient (Wildman–Crippen LogP) is 2.37. The molecule has 2 aromatic rings. The van der Waals surface area contributed by atoms with Crippen molar-refractivity contribution < 1.29 is 24.0 Å². The molecule has 0 aromatic heterocycles. The molecule has 0 fully saturated rings. The second kappa shape index (κ2) is 10.7. The van der Waals surface area contributed by atoms with Crippen LogP contribution in [0.1, 0.15) is 40.1 Å². The highest BCUT2D eigenvalue weighted by molar-refractivity contribution is 5.96. The Labute approximate surface area is 179 Å². The molecule has 10 heteroatoms. The largest absolute Gasteiger partial charge is 0.452 e. The van der Waals surface area contributed by atoms with Crippen molar-refractivity contribution in [2.75, 3.05) is 24.6 Å². The molecule has 0 aliphatic heterocycles. The number of nitrogens with one attached hydrogen (secondary N) is 2. The molecule has 0 aliphatic carbocycles. The minimum Gasteiger partial charge on any atom is -0.452 e. The third kappa shape index (κ3) is 6.01. The monoisotopic (exact) mass is 428 g/mol. The second-order valence-electron chi connectivity index (χ2n) is 6.50. The van der Waals surface area contributed by atoms with Gasteiger partial charge < -0.3 is 9.64 Å². The standard InChI is InChI=1S/C21H24N4O6/c1-4-24(5-2)16-11-9-15(10-12-16)20(27)23-22-19(26)13-31-21(28)17-7-6-8-18(14(17)3)25(29)30/h6-12H,4-5,13H2,1-3H3,(H,22,26)(H,23,27). The molecule has 10 nitrogen and oxygen atoms in total. The van der Waals surface area contributed by atoms with Gasteiger partial charge >= 0.3 is 5.97 Å². The number of nitro benzene ring substituents is 1. The number of esters is 1. The predicted molar refractivity (Wildman–Crippen MR) is 114 cm³/mol. The van der Waals surface area contributed by atoms with Gasteiger partial charge in [-0.15, -0.1) is 0 Å². The molecule has 164 valence electrons. The fourth-order valence-corrected chi connectivity index (χ4v) is 2.90. The van der Waals surface area contributed by atoms with E-state index in [4.69, 9.17) is 4.74 Å². The Balaban J connectivity index is 1.87. The van der Waals surface area contributed by atoms with Gasteiger partial charge in [-0.2, -0.15) is 0 Å². The molecular weight excluding hydrogens is 404 g/mol. The first-order valence-corrected chi connectivity index (χ1v) is 9.63. The van der Waals surface area contributed by atoms with Crippen LogP contribution in [0.15, 0.2) is 42.5 Å². The van der Waals surface area contributed by atoms with E-state index in [1.165, 1.54) is 25.1 Å². The summed E-state index contributed by atoms with van der Waals surface area (Å²) in [6.45, 7) is 6.50. The van der Waals surface area contributed by atoms with E-state index in [-0.39, 0.29) is 16.8 Å². The number of hydrogen-bond donors (Lipinski definition) is 2. The molecule has 0 spiro atoms. The fourth-order valence-electron chi connectivity index (χ4n) is 2.90. The van der Waals surface area contributed by atoms with E-state index in [2.05, 4.69) is 15.8 Å². The van der Waals surface area contributed by atoms with Crippen LogP contribution >= 0.6 is 0 Å². The van der Waals surface area contributed by atoms with Gasteiger partial charge in [0.05, 0.1) is 10.5 Å². The summed E-state index contributed by atoms with van der Waals surface area (Å²) in [7, 11) is 0. The zero-order valence-electron chi connectivity index (χ0n) is 17.5. The van der Waals surface area contributed by atoms with E-state index in [1.807, 2.05) is 26.0 Å². The van der Waals surface area contributed by atoms with Crippen molar-refractivity contribution in [3.63, 3.8) is 0 Å². The third-order valence-electron chi connectivity index (χ3n) is 4.63. The van der Waals surface area contributed by atoms with Crippen molar-refractivity contribution in [1.29, 1.82) is 0 Å². The zero-order valence-corrected chi connectivity index (χ0v) is 17.5. The summed E-state index contributed by atoms with van der Waals surface area (Å²) in [6, 6.07) is 10.9. The number of nitrogens with zero attached hydrogens (tertiary/aromatic N) is 2. The molecule has 2 rings (SSSR count).